The van der Waals surface area contributed by atoms with E-state index >= 15 is 0 Å². The summed E-state index contributed by atoms with van der Waals surface area (Å²) in [5.41, 5.74) is 4.91. The van der Waals surface area contributed by atoms with Gasteiger partial charge in [0.25, 0.3) is 11.5 Å². The number of rotatable bonds is 7. The number of H-pyrrole nitrogens is 1. The average Bonchev–Trinajstić information content (AvgIpc) is 3.28. The number of nitrogens with one attached hydrogen (secondary N) is 3. The van der Waals surface area contributed by atoms with Gasteiger partial charge in [-0.05, 0) is 61.7 Å². The topological polar surface area (TPSA) is 95.0 Å². The predicted octanol–water partition coefficient (Wildman–Crippen LogP) is 4.01. The van der Waals surface area contributed by atoms with E-state index in [2.05, 4.69) is 63.3 Å². The Kier molecular flexibility index (Phi) is 7.10. The van der Waals surface area contributed by atoms with Crippen LogP contribution >= 0.6 is 0 Å². The van der Waals surface area contributed by atoms with Gasteiger partial charge < -0.3 is 25.1 Å². The fourth-order valence-electron chi connectivity index (χ4n) is 5.00. The molecule has 1 amide bonds. The van der Waals surface area contributed by atoms with Crippen molar-refractivity contribution in [3.63, 3.8) is 0 Å². The number of nitrogens with zero attached hydrogens (tertiary/aromatic N) is 3. The van der Waals surface area contributed by atoms with Gasteiger partial charge >= 0.3 is 0 Å². The number of amides is 1. The number of aromatic nitrogens is 3. The second-order valence-corrected chi connectivity index (χ2v) is 9.74. The van der Waals surface area contributed by atoms with Crippen molar-refractivity contribution >= 4 is 22.6 Å². The highest BCUT2D eigenvalue weighted by Crippen LogP contribution is 2.33. The summed E-state index contributed by atoms with van der Waals surface area (Å²) in [6.45, 7) is 10.4. The third-order valence-electron chi connectivity index (χ3n) is 7.29. The first kappa shape index (κ1) is 24.8. The van der Waals surface area contributed by atoms with Gasteiger partial charge in [-0.15, -0.1) is 0 Å². The Balaban J connectivity index is 1.54. The molecule has 0 saturated carbocycles. The zero-order valence-electron chi connectivity index (χ0n) is 21.7. The van der Waals surface area contributed by atoms with E-state index in [9.17, 15) is 9.59 Å². The third-order valence-corrected chi connectivity index (χ3v) is 7.29. The van der Waals surface area contributed by atoms with Crippen LogP contribution in [0.4, 0.5) is 5.82 Å². The maximum absolute atomic E-state index is 13.5. The van der Waals surface area contributed by atoms with Crippen LogP contribution in [-0.2, 0) is 6.54 Å². The van der Waals surface area contributed by atoms with Crippen LogP contribution in [0.3, 0.4) is 0 Å². The zero-order valence-corrected chi connectivity index (χ0v) is 21.7. The molecule has 3 aromatic heterocycles. The first-order chi connectivity index (χ1) is 18.0. The number of anilines is 1. The molecule has 0 aliphatic carbocycles. The Morgan fingerprint density at radius 3 is 2.68 bits per heavy atom. The molecule has 1 fully saturated rings. The summed E-state index contributed by atoms with van der Waals surface area (Å²) in [7, 11) is 0. The molecule has 1 aromatic carbocycles. The van der Waals surface area contributed by atoms with Crippen molar-refractivity contribution in [2.24, 2.45) is 0 Å². The maximum Gasteiger partial charge on any atom is 0.252 e. The summed E-state index contributed by atoms with van der Waals surface area (Å²) in [4.78, 5) is 35.3. The minimum atomic E-state index is -0.203. The number of aryl methyl sites for hydroxylation is 1. The lowest BCUT2D eigenvalue weighted by atomic mass is 9.98. The molecule has 0 radical (unpaired) electrons. The fraction of sp³-hybridized carbons (Fsp3) is 0.345. The molecule has 0 bridgehead atoms. The Morgan fingerprint density at radius 1 is 1.16 bits per heavy atom. The van der Waals surface area contributed by atoms with Gasteiger partial charge in [-0.25, -0.2) is 4.98 Å². The molecule has 1 saturated heterocycles. The smallest absolute Gasteiger partial charge is 0.252 e. The molecule has 1 aliphatic heterocycles. The maximum atomic E-state index is 13.5. The molecule has 4 heterocycles. The monoisotopic (exact) mass is 498 g/mol. The number of carbonyl (C=O) groups is 1. The van der Waals surface area contributed by atoms with E-state index in [1.165, 1.54) is 0 Å². The van der Waals surface area contributed by atoms with Crippen molar-refractivity contribution < 1.29 is 4.79 Å². The summed E-state index contributed by atoms with van der Waals surface area (Å²) >= 11 is 0. The lowest BCUT2D eigenvalue weighted by Crippen LogP contribution is -2.43. The fourth-order valence-corrected chi connectivity index (χ4v) is 5.00. The summed E-state index contributed by atoms with van der Waals surface area (Å²) in [5.74, 6) is 0.765. The van der Waals surface area contributed by atoms with Crippen molar-refractivity contribution in [1.82, 2.24) is 25.2 Å². The van der Waals surface area contributed by atoms with Gasteiger partial charge in [-0.2, -0.15) is 0 Å². The summed E-state index contributed by atoms with van der Waals surface area (Å²) in [6, 6.07) is 12.0. The van der Waals surface area contributed by atoms with Crippen molar-refractivity contribution in [3.8, 4) is 11.1 Å². The van der Waals surface area contributed by atoms with E-state index in [0.29, 0.717) is 17.2 Å². The van der Waals surface area contributed by atoms with E-state index in [1.807, 2.05) is 19.2 Å². The van der Waals surface area contributed by atoms with Gasteiger partial charge in [-0.3, -0.25) is 9.59 Å². The van der Waals surface area contributed by atoms with E-state index in [1.54, 1.807) is 18.3 Å². The van der Waals surface area contributed by atoms with Crippen molar-refractivity contribution in [3.05, 3.63) is 82.0 Å². The molecule has 3 N–H and O–H groups in total. The van der Waals surface area contributed by atoms with Gasteiger partial charge in [0.1, 0.15) is 5.82 Å². The highest BCUT2D eigenvalue weighted by molar-refractivity contribution is 6.09. The summed E-state index contributed by atoms with van der Waals surface area (Å²) in [6.07, 6.45) is 6.59. The Morgan fingerprint density at radius 2 is 1.97 bits per heavy atom. The van der Waals surface area contributed by atoms with Crippen LogP contribution in [0.1, 0.15) is 47.8 Å². The molecular weight excluding hydrogens is 464 g/mol. The van der Waals surface area contributed by atoms with E-state index in [-0.39, 0.29) is 18.0 Å². The van der Waals surface area contributed by atoms with Crippen LogP contribution in [0.2, 0.25) is 0 Å². The van der Waals surface area contributed by atoms with Gasteiger partial charge in [0, 0.05) is 84.9 Å². The van der Waals surface area contributed by atoms with Crippen LogP contribution in [-0.4, -0.2) is 46.6 Å². The van der Waals surface area contributed by atoms with Gasteiger partial charge in [0.2, 0.25) is 0 Å². The Hall–Kier alpha value is -3.91. The van der Waals surface area contributed by atoms with Crippen LogP contribution in [0.5, 0.6) is 0 Å². The van der Waals surface area contributed by atoms with Gasteiger partial charge in [0.05, 0.1) is 0 Å². The molecule has 1 atom stereocenters. The lowest BCUT2D eigenvalue weighted by Gasteiger charge is -2.28. The number of hydrogen-bond donors (Lipinski definition) is 3. The Labute approximate surface area is 216 Å². The second-order valence-electron chi connectivity index (χ2n) is 9.74. The molecule has 8 nitrogen and oxygen atoms in total. The predicted molar refractivity (Wildman–Crippen MR) is 148 cm³/mol. The number of hydrogen-bond acceptors (Lipinski definition) is 5. The molecule has 5 rings (SSSR count). The van der Waals surface area contributed by atoms with E-state index < -0.39 is 0 Å². The van der Waals surface area contributed by atoms with Crippen LogP contribution < -0.4 is 21.1 Å². The largest absolute Gasteiger partial charge is 0.354 e. The number of pyridine rings is 2. The molecule has 0 spiro atoms. The minimum Gasteiger partial charge on any atom is -0.354 e. The van der Waals surface area contributed by atoms with Gasteiger partial charge in [0.15, 0.2) is 0 Å². The van der Waals surface area contributed by atoms with E-state index in [4.69, 9.17) is 4.98 Å². The first-order valence-corrected chi connectivity index (χ1v) is 13.0. The van der Waals surface area contributed by atoms with Crippen molar-refractivity contribution in [1.29, 1.82) is 0 Å². The highest BCUT2D eigenvalue weighted by Gasteiger charge is 2.20. The third kappa shape index (κ3) is 5.02. The van der Waals surface area contributed by atoms with E-state index in [0.717, 1.165) is 66.0 Å². The number of aromatic amines is 1. The Bertz CT molecular complexity index is 1460. The van der Waals surface area contributed by atoms with Crippen LogP contribution in [0, 0.1) is 6.92 Å². The molecule has 4 aromatic rings. The van der Waals surface area contributed by atoms with Crippen LogP contribution in [0.15, 0.2) is 59.8 Å². The van der Waals surface area contributed by atoms with Crippen molar-refractivity contribution in [2.75, 3.05) is 31.1 Å². The number of benzene rings is 1. The SMILES string of the molecule is CC[C@H](C)n1cc(C)c2c(C(=O)NCc3ccc[nH]c3=O)cc(-c3ccc(N4CCNCC4)nc3)cc21. The summed E-state index contributed by atoms with van der Waals surface area (Å²) < 4.78 is 2.26. The molecule has 0 unspecified atom stereocenters. The number of fused-ring (bicyclic) bond motifs is 1. The quantitative estimate of drug-likeness (QED) is 0.358. The molecule has 37 heavy (non-hydrogen) atoms. The average molecular weight is 499 g/mol. The zero-order chi connectivity index (χ0) is 25.9. The van der Waals surface area contributed by atoms with Crippen LogP contribution in [0.25, 0.3) is 22.0 Å². The molecule has 1 aliphatic rings. The molecular formula is C29H34N6O2. The molecule has 192 valence electrons. The minimum absolute atomic E-state index is 0.160. The summed E-state index contributed by atoms with van der Waals surface area (Å²) in [5, 5.41) is 7.27. The second kappa shape index (κ2) is 10.6. The number of piperazine rings is 1. The first-order valence-electron chi connectivity index (χ1n) is 13.0. The lowest BCUT2D eigenvalue weighted by molar-refractivity contribution is 0.0952. The molecule has 8 heteroatoms. The number of carbonyl (C=O) groups excluding carboxylic acids is 1. The van der Waals surface area contributed by atoms with Gasteiger partial charge in [-0.1, -0.05) is 13.0 Å². The normalized spacial score (nSPS) is 14.6. The standard InChI is InChI=1S/C29H34N6O2/c1-4-20(3)35-18-19(2)27-24(29(37)33-17-22-6-5-9-31-28(22)36)14-23(15-25(27)35)21-7-8-26(32-16-21)34-12-10-30-11-13-34/h5-9,14-16,18,20,30H,4,10-13,17H2,1-3H3,(H,31,36)(H,33,37)/t20-/m0/s1. The van der Waals surface area contributed by atoms with Crippen molar-refractivity contribution in [2.45, 2.75) is 39.8 Å². The highest BCUT2D eigenvalue weighted by atomic mass is 16.1.